The standard InChI is InChI=1S/C17H35NO3/c1-16(2)14-18-15-17(6-4-5-7-17)8-9-20-12-13-21-11-10-19-3/h16,18H,4-15H2,1-3H3. The molecule has 0 bridgehead atoms. The SMILES string of the molecule is COCCOCCOCCC1(CNCC(C)C)CCCC1. The minimum absolute atomic E-state index is 0.478. The molecule has 4 nitrogen and oxygen atoms in total. The zero-order valence-corrected chi connectivity index (χ0v) is 14.3. The Hall–Kier alpha value is -0.160. The van der Waals surface area contributed by atoms with Crippen molar-refractivity contribution >= 4 is 0 Å². The van der Waals surface area contributed by atoms with Crippen molar-refractivity contribution in [2.75, 3.05) is 53.2 Å². The average Bonchev–Trinajstić information content (AvgIpc) is 2.90. The van der Waals surface area contributed by atoms with E-state index in [9.17, 15) is 0 Å². The molecule has 1 saturated carbocycles. The van der Waals surface area contributed by atoms with Crippen LogP contribution in [0.4, 0.5) is 0 Å². The van der Waals surface area contributed by atoms with E-state index in [0.29, 0.717) is 31.8 Å². The maximum atomic E-state index is 5.73. The van der Waals surface area contributed by atoms with Crippen molar-refractivity contribution in [3.63, 3.8) is 0 Å². The smallest absolute Gasteiger partial charge is 0.0701 e. The topological polar surface area (TPSA) is 39.7 Å². The molecule has 0 unspecified atom stereocenters. The van der Waals surface area contributed by atoms with E-state index in [1.165, 1.54) is 32.1 Å². The van der Waals surface area contributed by atoms with Crippen LogP contribution in [-0.2, 0) is 14.2 Å². The first-order valence-corrected chi connectivity index (χ1v) is 8.54. The van der Waals surface area contributed by atoms with Crippen molar-refractivity contribution in [3.8, 4) is 0 Å². The van der Waals surface area contributed by atoms with Crippen LogP contribution in [0.2, 0.25) is 0 Å². The van der Waals surface area contributed by atoms with E-state index >= 15 is 0 Å². The summed E-state index contributed by atoms with van der Waals surface area (Å²) in [4.78, 5) is 0. The lowest BCUT2D eigenvalue weighted by molar-refractivity contribution is 0.0166. The van der Waals surface area contributed by atoms with Crippen LogP contribution in [0, 0.1) is 11.3 Å². The zero-order chi connectivity index (χ0) is 15.4. The van der Waals surface area contributed by atoms with Gasteiger partial charge < -0.3 is 19.5 Å². The number of ether oxygens (including phenoxy) is 3. The fourth-order valence-electron chi connectivity index (χ4n) is 3.02. The summed E-state index contributed by atoms with van der Waals surface area (Å²) < 4.78 is 16.1. The predicted octanol–water partition coefficient (Wildman–Crippen LogP) is 2.86. The van der Waals surface area contributed by atoms with Gasteiger partial charge in [-0.05, 0) is 37.1 Å². The Morgan fingerprint density at radius 3 is 2.19 bits per heavy atom. The molecule has 1 aliphatic carbocycles. The van der Waals surface area contributed by atoms with Crippen LogP contribution in [0.15, 0.2) is 0 Å². The molecule has 126 valence electrons. The molecule has 1 rings (SSSR count). The molecule has 1 N–H and O–H groups in total. The lowest BCUT2D eigenvalue weighted by Crippen LogP contribution is -2.35. The molecule has 0 aromatic rings. The molecular weight excluding hydrogens is 266 g/mol. The van der Waals surface area contributed by atoms with Gasteiger partial charge in [-0.2, -0.15) is 0 Å². The van der Waals surface area contributed by atoms with E-state index in [0.717, 1.165) is 25.6 Å². The van der Waals surface area contributed by atoms with Crippen LogP contribution in [0.3, 0.4) is 0 Å². The summed E-state index contributed by atoms with van der Waals surface area (Å²) in [5.74, 6) is 0.726. The van der Waals surface area contributed by atoms with Gasteiger partial charge in [-0.3, -0.25) is 0 Å². The van der Waals surface area contributed by atoms with Crippen LogP contribution in [0.25, 0.3) is 0 Å². The van der Waals surface area contributed by atoms with Crippen molar-refractivity contribution in [3.05, 3.63) is 0 Å². The first-order chi connectivity index (χ1) is 10.2. The maximum absolute atomic E-state index is 5.73. The Morgan fingerprint density at radius 1 is 0.952 bits per heavy atom. The Morgan fingerprint density at radius 2 is 1.57 bits per heavy atom. The van der Waals surface area contributed by atoms with Crippen molar-refractivity contribution < 1.29 is 14.2 Å². The van der Waals surface area contributed by atoms with E-state index < -0.39 is 0 Å². The summed E-state index contributed by atoms with van der Waals surface area (Å²) in [5.41, 5.74) is 0.478. The summed E-state index contributed by atoms with van der Waals surface area (Å²) in [5, 5.41) is 3.65. The highest BCUT2D eigenvalue weighted by atomic mass is 16.5. The third-order valence-corrected chi connectivity index (χ3v) is 4.30. The van der Waals surface area contributed by atoms with E-state index in [4.69, 9.17) is 14.2 Å². The summed E-state index contributed by atoms with van der Waals surface area (Å²) in [6.45, 7) is 10.3. The normalized spacial score (nSPS) is 17.7. The van der Waals surface area contributed by atoms with Gasteiger partial charge in [0.2, 0.25) is 0 Å². The van der Waals surface area contributed by atoms with E-state index in [1.807, 2.05) is 0 Å². The molecule has 0 radical (unpaired) electrons. The lowest BCUT2D eigenvalue weighted by Gasteiger charge is -2.29. The molecule has 0 aromatic carbocycles. The number of methoxy groups -OCH3 is 1. The minimum Gasteiger partial charge on any atom is -0.382 e. The molecular formula is C17H35NO3. The Bertz CT molecular complexity index is 240. The molecule has 0 spiro atoms. The summed E-state index contributed by atoms with van der Waals surface area (Å²) >= 11 is 0. The monoisotopic (exact) mass is 301 g/mol. The first-order valence-electron chi connectivity index (χ1n) is 8.54. The lowest BCUT2D eigenvalue weighted by atomic mass is 9.83. The second-order valence-electron chi connectivity index (χ2n) is 6.70. The minimum atomic E-state index is 0.478. The zero-order valence-electron chi connectivity index (χ0n) is 14.3. The molecule has 21 heavy (non-hydrogen) atoms. The van der Waals surface area contributed by atoms with Crippen molar-refractivity contribution in [1.29, 1.82) is 0 Å². The Balaban J connectivity index is 2.08. The van der Waals surface area contributed by atoms with Crippen LogP contribution < -0.4 is 5.32 Å². The third-order valence-electron chi connectivity index (χ3n) is 4.30. The van der Waals surface area contributed by atoms with Crippen molar-refractivity contribution in [2.45, 2.75) is 46.0 Å². The predicted molar refractivity (Wildman–Crippen MR) is 86.7 cm³/mol. The Labute approximate surface area is 130 Å². The summed E-state index contributed by atoms with van der Waals surface area (Å²) in [6.07, 6.45) is 6.64. The average molecular weight is 301 g/mol. The number of rotatable bonds is 13. The molecule has 4 heteroatoms. The van der Waals surface area contributed by atoms with Gasteiger partial charge in [0.05, 0.1) is 26.4 Å². The molecule has 0 amide bonds. The Kier molecular flexibility index (Phi) is 10.3. The van der Waals surface area contributed by atoms with Gasteiger partial charge in [-0.15, -0.1) is 0 Å². The van der Waals surface area contributed by atoms with Crippen LogP contribution in [0.1, 0.15) is 46.0 Å². The molecule has 1 aliphatic rings. The van der Waals surface area contributed by atoms with Gasteiger partial charge in [-0.25, -0.2) is 0 Å². The van der Waals surface area contributed by atoms with E-state index in [2.05, 4.69) is 19.2 Å². The van der Waals surface area contributed by atoms with Crippen LogP contribution in [-0.4, -0.2) is 53.2 Å². The third kappa shape index (κ3) is 8.77. The fourth-order valence-corrected chi connectivity index (χ4v) is 3.02. The largest absolute Gasteiger partial charge is 0.382 e. The van der Waals surface area contributed by atoms with Gasteiger partial charge in [0.15, 0.2) is 0 Å². The molecule has 0 saturated heterocycles. The maximum Gasteiger partial charge on any atom is 0.0701 e. The second-order valence-corrected chi connectivity index (χ2v) is 6.70. The van der Waals surface area contributed by atoms with Crippen molar-refractivity contribution in [1.82, 2.24) is 5.32 Å². The summed E-state index contributed by atoms with van der Waals surface area (Å²) in [6, 6.07) is 0. The van der Waals surface area contributed by atoms with E-state index in [1.54, 1.807) is 7.11 Å². The fraction of sp³-hybridized carbons (Fsp3) is 1.00. The summed E-state index contributed by atoms with van der Waals surface area (Å²) in [7, 11) is 1.69. The molecule has 1 fully saturated rings. The second kappa shape index (κ2) is 11.4. The number of hydrogen-bond donors (Lipinski definition) is 1. The van der Waals surface area contributed by atoms with E-state index in [-0.39, 0.29) is 0 Å². The highest BCUT2D eigenvalue weighted by molar-refractivity contribution is 4.86. The molecule has 0 atom stereocenters. The van der Waals surface area contributed by atoms with Crippen LogP contribution in [0.5, 0.6) is 0 Å². The highest BCUT2D eigenvalue weighted by Crippen LogP contribution is 2.40. The van der Waals surface area contributed by atoms with Gasteiger partial charge in [0.1, 0.15) is 0 Å². The molecule has 0 aromatic heterocycles. The number of hydrogen-bond acceptors (Lipinski definition) is 4. The van der Waals surface area contributed by atoms with Gasteiger partial charge in [-0.1, -0.05) is 26.7 Å². The van der Waals surface area contributed by atoms with Gasteiger partial charge in [0.25, 0.3) is 0 Å². The number of nitrogens with one attached hydrogen (secondary N) is 1. The van der Waals surface area contributed by atoms with Gasteiger partial charge >= 0.3 is 0 Å². The van der Waals surface area contributed by atoms with Gasteiger partial charge in [0, 0.05) is 20.3 Å². The quantitative estimate of drug-likeness (QED) is 0.531. The molecule has 0 heterocycles. The molecule has 0 aliphatic heterocycles. The van der Waals surface area contributed by atoms with Crippen molar-refractivity contribution in [2.24, 2.45) is 11.3 Å². The highest BCUT2D eigenvalue weighted by Gasteiger charge is 2.32. The van der Waals surface area contributed by atoms with Crippen LogP contribution >= 0.6 is 0 Å². The first kappa shape index (κ1) is 18.9.